The maximum absolute atomic E-state index is 13.5. The number of anilines is 2. The summed E-state index contributed by atoms with van der Waals surface area (Å²) in [6.45, 7) is 3.27. The lowest BCUT2D eigenvalue weighted by atomic mass is 9.83. The lowest BCUT2D eigenvalue weighted by molar-refractivity contribution is -0.121. The molecule has 0 bridgehead atoms. The van der Waals surface area contributed by atoms with Crippen LogP contribution in [0.25, 0.3) is 0 Å². The third-order valence-corrected chi connectivity index (χ3v) is 6.70. The topological polar surface area (TPSA) is 44.8 Å². The minimum absolute atomic E-state index is 0.0244. The van der Waals surface area contributed by atoms with Gasteiger partial charge in [-0.2, -0.15) is 0 Å². The Morgan fingerprint density at radius 2 is 1.88 bits per heavy atom. The van der Waals surface area contributed by atoms with E-state index in [1.54, 1.807) is 7.11 Å². The Hall–Kier alpha value is -3.38. The molecule has 6 heteroatoms. The molecule has 0 aromatic heterocycles. The van der Waals surface area contributed by atoms with E-state index in [1.807, 2.05) is 42.5 Å². The minimum atomic E-state index is -0.221. The Balaban J connectivity index is 1.38. The molecule has 1 amide bonds. The van der Waals surface area contributed by atoms with Gasteiger partial charge in [-0.25, -0.2) is 4.39 Å². The third kappa shape index (κ3) is 4.57. The number of benzene rings is 3. The molecule has 2 aliphatic rings. The predicted octanol–water partition coefficient (Wildman–Crippen LogP) is 4.34. The Labute approximate surface area is 193 Å². The summed E-state index contributed by atoms with van der Waals surface area (Å²) in [5.74, 6) is 0.340. The summed E-state index contributed by atoms with van der Waals surface area (Å²) in [6.07, 6.45) is 0.706. The highest BCUT2D eigenvalue weighted by molar-refractivity contribution is 5.94. The quantitative estimate of drug-likeness (QED) is 0.635. The van der Waals surface area contributed by atoms with Crippen molar-refractivity contribution in [3.63, 3.8) is 0 Å². The largest absolute Gasteiger partial charge is 0.497 e. The summed E-state index contributed by atoms with van der Waals surface area (Å²) in [7, 11) is 1.62. The molecule has 3 aromatic rings. The van der Waals surface area contributed by atoms with Gasteiger partial charge in [-0.1, -0.05) is 36.4 Å². The number of carbonyl (C=O) groups is 1. The molecule has 33 heavy (non-hydrogen) atoms. The molecule has 0 aliphatic carbocycles. The van der Waals surface area contributed by atoms with Crippen LogP contribution in [0.5, 0.6) is 5.75 Å². The number of hydrogen-bond acceptors (Lipinski definition) is 4. The third-order valence-electron chi connectivity index (χ3n) is 6.70. The van der Waals surface area contributed by atoms with Gasteiger partial charge in [0.15, 0.2) is 0 Å². The number of halogens is 1. The zero-order chi connectivity index (χ0) is 22.8. The molecule has 5 nitrogen and oxygen atoms in total. The van der Waals surface area contributed by atoms with Gasteiger partial charge in [-0.15, -0.1) is 0 Å². The lowest BCUT2D eigenvalue weighted by Crippen LogP contribution is -2.60. The summed E-state index contributed by atoms with van der Waals surface area (Å²) in [6, 6.07) is 22.6. The van der Waals surface area contributed by atoms with E-state index >= 15 is 0 Å². The number of nitrogens with zero attached hydrogens (tertiary/aromatic N) is 2. The highest BCUT2D eigenvalue weighted by Gasteiger charge is 2.41. The van der Waals surface area contributed by atoms with Crippen LogP contribution < -0.4 is 15.0 Å². The molecule has 5 rings (SSSR count). The fraction of sp³-hybridized carbons (Fsp3) is 0.296. The van der Waals surface area contributed by atoms with Gasteiger partial charge in [0, 0.05) is 43.6 Å². The fourth-order valence-corrected chi connectivity index (χ4v) is 5.04. The van der Waals surface area contributed by atoms with Crippen LogP contribution in [0.15, 0.2) is 72.8 Å². The number of methoxy groups -OCH3 is 1. The lowest BCUT2D eigenvalue weighted by Gasteiger charge is -2.49. The second-order valence-electron chi connectivity index (χ2n) is 8.78. The number of carbonyl (C=O) groups excluding carboxylic acids is 1. The van der Waals surface area contributed by atoms with Crippen molar-refractivity contribution in [1.82, 2.24) is 4.90 Å². The molecule has 0 radical (unpaired) electrons. The molecular weight excluding hydrogens is 417 g/mol. The van der Waals surface area contributed by atoms with E-state index in [1.165, 1.54) is 23.4 Å². The first-order chi connectivity index (χ1) is 16.1. The summed E-state index contributed by atoms with van der Waals surface area (Å²) in [4.78, 5) is 18.3. The van der Waals surface area contributed by atoms with Gasteiger partial charge in [-0.05, 0) is 47.9 Å². The Kier molecular flexibility index (Phi) is 6.01. The summed E-state index contributed by atoms with van der Waals surface area (Å²) >= 11 is 0. The van der Waals surface area contributed by atoms with Crippen molar-refractivity contribution in [2.45, 2.75) is 19.0 Å². The zero-order valence-corrected chi connectivity index (χ0v) is 18.7. The van der Waals surface area contributed by atoms with E-state index in [0.29, 0.717) is 12.2 Å². The monoisotopic (exact) mass is 445 g/mol. The van der Waals surface area contributed by atoms with E-state index in [2.05, 4.69) is 33.3 Å². The normalized spacial score (nSPS) is 20.0. The number of fused-ring (bicyclic) bond motifs is 3. The first-order valence-electron chi connectivity index (χ1n) is 11.4. The van der Waals surface area contributed by atoms with Gasteiger partial charge in [0.1, 0.15) is 11.6 Å². The van der Waals surface area contributed by atoms with Gasteiger partial charge in [0.25, 0.3) is 0 Å². The van der Waals surface area contributed by atoms with E-state index in [-0.39, 0.29) is 23.7 Å². The van der Waals surface area contributed by atoms with Gasteiger partial charge in [0.2, 0.25) is 5.91 Å². The predicted molar refractivity (Wildman–Crippen MR) is 128 cm³/mol. The molecular formula is C27H28FN3O2. The van der Waals surface area contributed by atoms with Gasteiger partial charge in [-0.3, -0.25) is 9.69 Å². The molecule has 2 aliphatic heterocycles. The summed E-state index contributed by atoms with van der Waals surface area (Å²) < 4.78 is 18.6. The summed E-state index contributed by atoms with van der Waals surface area (Å²) in [5.41, 5.74) is 4.27. The molecule has 3 aromatic carbocycles. The highest BCUT2D eigenvalue weighted by Crippen LogP contribution is 2.36. The number of rotatable bonds is 5. The van der Waals surface area contributed by atoms with Crippen LogP contribution in [-0.4, -0.2) is 43.6 Å². The average Bonchev–Trinajstić information content (AvgIpc) is 2.85. The van der Waals surface area contributed by atoms with Crippen molar-refractivity contribution in [3.05, 3.63) is 89.7 Å². The van der Waals surface area contributed by atoms with Crippen LogP contribution >= 0.6 is 0 Å². The highest BCUT2D eigenvalue weighted by atomic mass is 19.1. The van der Waals surface area contributed by atoms with Crippen LogP contribution in [0, 0.1) is 11.7 Å². The molecule has 0 saturated carbocycles. The SMILES string of the molecule is COc1cccc(NC(=O)[C@H]2Cc3ccccc3N3CCN(Cc4ccc(F)cc4)C[C@@H]23)c1. The zero-order valence-electron chi connectivity index (χ0n) is 18.7. The van der Waals surface area contributed by atoms with Gasteiger partial charge in [0.05, 0.1) is 19.1 Å². The van der Waals surface area contributed by atoms with Crippen LogP contribution in [0.3, 0.4) is 0 Å². The molecule has 0 unspecified atom stereocenters. The minimum Gasteiger partial charge on any atom is -0.497 e. The molecule has 2 heterocycles. The first kappa shape index (κ1) is 21.5. The number of para-hydroxylation sites is 1. The number of piperazine rings is 1. The van der Waals surface area contributed by atoms with Crippen molar-refractivity contribution in [3.8, 4) is 5.75 Å². The average molecular weight is 446 g/mol. The molecule has 1 fully saturated rings. The number of amides is 1. The number of hydrogen-bond donors (Lipinski definition) is 1. The molecule has 1 N–H and O–H groups in total. The molecule has 0 spiro atoms. The van der Waals surface area contributed by atoms with E-state index < -0.39 is 0 Å². The second-order valence-corrected chi connectivity index (χ2v) is 8.78. The Morgan fingerprint density at radius 3 is 2.70 bits per heavy atom. The van der Waals surface area contributed by atoms with Crippen LogP contribution in [0.4, 0.5) is 15.8 Å². The second kappa shape index (κ2) is 9.24. The summed E-state index contributed by atoms with van der Waals surface area (Å²) in [5, 5.41) is 3.12. The van der Waals surface area contributed by atoms with E-state index in [4.69, 9.17) is 4.74 Å². The van der Waals surface area contributed by atoms with Crippen molar-refractivity contribution >= 4 is 17.3 Å². The van der Waals surface area contributed by atoms with Crippen molar-refractivity contribution in [2.75, 3.05) is 37.0 Å². The number of ether oxygens (including phenoxy) is 1. The molecule has 170 valence electrons. The van der Waals surface area contributed by atoms with Crippen LogP contribution in [-0.2, 0) is 17.8 Å². The Bertz CT molecular complexity index is 1130. The Morgan fingerprint density at radius 1 is 1.06 bits per heavy atom. The molecule has 1 saturated heterocycles. The first-order valence-corrected chi connectivity index (χ1v) is 11.4. The van der Waals surface area contributed by atoms with E-state index in [9.17, 15) is 9.18 Å². The van der Waals surface area contributed by atoms with Gasteiger partial charge < -0.3 is 15.0 Å². The van der Waals surface area contributed by atoms with Gasteiger partial charge >= 0.3 is 0 Å². The van der Waals surface area contributed by atoms with Crippen LogP contribution in [0.2, 0.25) is 0 Å². The fourth-order valence-electron chi connectivity index (χ4n) is 5.04. The van der Waals surface area contributed by atoms with Crippen molar-refractivity contribution in [2.24, 2.45) is 5.92 Å². The standard InChI is InChI=1S/C27H28FN3O2/c1-33-23-7-4-6-22(16-23)29-27(32)24-15-20-5-2-3-8-25(20)31-14-13-30(18-26(24)31)17-19-9-11-21(28)12-10-19/h2-12,16,24,26H,13-15,17-18H2,1H3,(H,29,32)/t24-,26-/m0/s1. The maximum atomic E-state index is 13.5. The number of nitrogens with one attached hydrogen (secondary N) is 1. The van der Waals surface area contributed by atoms with Crippen LogP contribution in [0.1, 0.15) is 11.1 Å². The maximum Gasteiger partial charge on any atom is 0.229 e. The van der Waals surface area contributed by atoms with Crippen molar-refractivity contribution < 1.29 is 13.9 Å². The van der Waals surface area contributed by atoms with Crippen molar-refractivity contribution in [1.29, 1.82) is 0 Å². The molecule has 2 atom stereocenters. The van der Waals surface area contributed by atoms with E-state index in [0.717, 1.165) is 37.4 Å². The smallest absolute Gasteiger partial charge is 0.229 e.